The van der Waals surface area contributed by atoms with E-state index in [0.29, 0.717) is 0 Å². The molecule has 0 aliphatic rings. The minimum absolute atomic E-state index is 0.831. The lowest BCUT2D eigenvalue weighted by Gasteiger charge is -2.08. The highest BCUT2D eigenvalue weighted by molar-refractivity contribution is 5.14. The topological polar surface area (TPSA) is 0 Å². The number of hydrogen-bond donors (Lipinski definition) is 0. The Morgan fingerprint density at radius 3 is 2.42 bits per heavy atom. The molecule has 0 aromatic heterocycles. The lowest BCUT2D eigenvalue weighted by atomic mass is 9.97. The highest BCUT2D eigenvalue weighted by Crippen LogP contribution is 2.12. The van der Waals surface area contributed by atoms with Gasteiger partial charge in [-0.2, -0.15) is 0 Å². The van der Waals surface area contributed by atoms with Gasteiger partial charge < -0.3 is 0 Å². The first-order chi connectivity index (χ1) is 5.83. The summed E-state index contributed by atoms with van der Waals surface area (Å²) < 4.78 is 0. The van der Waals surface area contributed by atoms with Crippen LogP contribution in [-0.4, -0.2) is 0 Å². The maximum Gasteiger partial charge on any atom is -0.0253 e. The van der Waals surface area contributed by atoms with Gasteiger partial charge in [-0.3, -0.25) is 0 Å². The molecule has 1 rings (SSSR count). The zero-order valence-electron chi connectivity index (χ0n) is 8.09. The number of hydrogen-bond acceptors (Lipinski definition) is 0. The average Bonchev–Trinajstić information content (AvgIpc) is 2.06. The molecule has 0 N–H and O–H groups in total. The van der Waals surface area contributed by atoms with Gasteiger partial charge in [0.1, 0.15) is 0 Å². The molecule has 0 spiro atoms. The SMILES string of the molecule is CCC[C@H](C)Cc1ccccc1. The fraction of sp³-hybridized carbons (Fsp3) is 0.500. The van der Waals surface area contributed by atoms with Crippen LogP contribution in [0.15, 0.2) is 30.3 Å². The largest absolute Gasteiger partial charge is 0.0654 e. The fourth-order valence-electron chi connectivity index (χ4n) is 1.61. The Morgan fingerprint density at radius 1 is 1.17 bits per heavy atom. The van der Waals surface area contributed by atoms with Crippen molar-refractivity contribution < 1.29 is 0 Å². The summed E-state index contributed by atoms with van der Waals surface area (Å²) >= 11 is 0. The van der Waals surface area contributed by atoms with Crippen molar-refractivity contribution in [3.05, 3.63) is 35.9 Å². The van der Waals surface area contributed by atoms with Gasteiger partial charge in [0.15, 0.2) is 0 Å². The second-order valence-electron chi connectivity index (χ2n) is 3.58. The van der Waals surface area contributed by atoms with Crippen LogP contribution in [0.3, 0.4) is 0 Å². The average molecular weight is 162 g/mol. The molecule has 0 saturated heterocycles. The number of benzene rings is 1. The van der Waals surface area contributed by atoms with E-state index in [0.717, 1.165) is 5.92 Å². The van der Waals surface area contributed by atoms with Gasteiger partial charge in [0.25, 0.3) is 0 Å². The Hall–Kier alpha value is -0.780. The first kappa shape index (κ1) is 9.31. The van der Waals surface area contributed by atoms with E-state index in [2.05, 4.69) is 44.2 Å². The van der Waals surface area contributed by atoms with Crippen molar-refractivity contribution in [2.45, 2.75) is 33.1 Å². The second kappa shape index (κ2) is 4.97. The first-order valence-corrected chi connectivity index (χ1v) is 4.87. The Balaban J connectivity index is 2.41. The van der Waals surface area contributed by atoms with E-state index >= 15 is 0 Å². The predicted molar refractivity (Wildman–Crippen MR) is 54.2 cm³/mol. The van der Waals surface area contributed by atoms with E-state index < -0.39 is 0 Å². The monoisotopic (exact) mass is 162 g/mol. The summed E-state index contributed by atoms with van der Waals surface area (Å²) in [6.45, 7) is 4.58. The van der Waals surface area contributed by atoms with Gasteiger partial charge in [0.05, 0.1) is 0 Å². The normalized spacial score (nSPS) is 12.8. The molecule has 0 radical (unpaired) electrons. The van der Waals surface area contributed by atoms with Crippen LogP contribution < -0.4 is 0 Å². The molecule has 66 valence electrons. The molecule has 0 nitrogen and oxygen atoms in total. The van der Waals surface area contributed by atoms with Crippen molar-refractivity contribution in [1.82, 2.24) is 0 Å². The van der Waals surface area contributed by atoms with Gasteiger partial charge in [-0.15, -0.1) is 0 Å². The molecule has 1 aromatic carbocycles. The minimum Gasteiger partial charge on any atom is -0.0654 e. The molecule has 0 fully saturated rings. The maximum atomic E-state index is 2.33. The van der Waals surface area contributed by atoms with Crippen LogP contribution in [0.25, 0.3) is 0 Å². The number of rotatable bonds is 4. The zero-order valence-corrected chi connectivity index (χ0v) is 8.09. The van der Waals surface area contributed by atoms with Crippen molar-refractivity contribution in [3.63, 3.8) is 0 Å². The highest BCUT2D eigenvalue weighted by Gasteiger charge is 2.00. The van der Waals surface area contributed by atoms with Crippen LogP contribution in [0, 0.1) is 5.92 Å². The van der Waals surface area contributed by atoms with Crippen LogP contribution >= 0.6 is 0 Å². The van der Waals surface area contributed by atoms with Gasteiger partial charge in [-0.05, 0) is 17.9 Å². The molecular weight excluding hydrogens is 144 g/mol. The third-order valence-corrected chi connectivity index (χ3v) is 2.21. The summed E-state index contributed by atoms with van der Waals surface area (Å²) in [4.78, 5) is 0. The summed E-state index contributed by atoms with van der Waals surface area (Å²) in [7, 11) is 0. The van der Waals surface area contributed by atoms with Gasteiger partial charge >= 0.3 is 0 Å². The van der Waals surface area contributed by atoms with E-state index in [9.17, 15) is 0 Å². The maximum absolute atomic E-state index is 2.33. The minimum atomic E-state index is 0.831. The third-order valence-electron chi connectivity index (χ3n) is 2.21. The lowest BCUT2D eigenvalue weighted by molar-refractivity contribution is 0.522. The summed E-state index contributed by atoms with van der Waals surface area (Å²) in [5.41, 5.74) is 1.47. The fourth-order valence-corrected chi connectivity index (χ4v) is 1.61. The Morgan fingerprint density at radius 2 is 1.83 bits per heavy atom. The van der Waals surface area contributed by atoms with Crippen molar-refractivity contribution in [2.75, 3.05) is 0 Å². The molecule has 0 amide bonds. The second-order valence-corrected chi connectivity index (χ2v) is 3.58. The molecule has 0 heterocycles. The van der Waals surface area contributed by atoms with E-state index in [1.54, 1.807) is 0 Å². The molecule has 0 aliphatic heterocycles. The van der Waals surface area contributed by atoms with Crippen LogP contribution in [0.4, 0.5) is 0 Å². The molecule has 0 saturated carbocycles. The van der Waals surface area contributed by atoms with E-state index in [4.69, 9.17) is 0 Å². The Bertz CT molecular complexity index is 201. The van der Waals surface area contributed by atoms with Crippen molar-refractivity contribution in [1.29, 1.82) is 0 Å². The zero-order chi connectivity index (χ0) is 8.81. The summed E-state index contributed by atoms with van der Waals surface area (Å²) in [6.07, 6.45) is 3.87. The first-order valence-electron chi connectivity index (χ1n) is 4.87. The lowest BCUT2D eigenvalue weighted by Crippen LogP contribution is -1.98. The van der Waals surface area contributed by atoms with E-state index in [-0.39, 0.29) is 0 Å². The molecule has 0 aliphatic carbocycles. The van der Waals surface area contributed by atoms with Crippen LogP contribution in [0.5, 0.6) is 0 Å². The van der Waals surface area contributed by atoms with Gasteiger partial charge in [0, 0.05) is 0 Å². The Kier molecular flexibility index (Phi) is 3.86. The summed E-state index contributed by atoms with van der Waals surface area (Å²) in [6, 6.07) is 10.7. The van der Waals surface area contributed by atoms with Crippen LogP contribution in [-0.2, 0) is 6.42 Å². The third kappa shape index (κ3) is 3.08. The van der Waals surface area contributed by atoms with Crippen LogP contribution in [0.2, 0.25) is 0 Å². The molecule has 1 aromatic rings. The van der Waals surface area contributed by atoms with E-state index in [1.165, 1.54) is 24.8 Å². The predicted octanol–water partition coefficient (Wildman–Crippen LogP) is 3.67. The quantitative estimate of drug-likeness (QED) is 0.633. The molecule has 0 bridgehead atoms. The summed E-state index contributed by atoms with van der Waals surface area (Å²) in [5, 5.41) is 0. The van der Waals surface area contributed by atoms with Gasteiger partial charge in [0.2, 0.25) is 0 Å². The van der Waals surface area contributed by atoms with Gasteiger partial charge in [-0.1, -0.05) is 57.0 Å². The van der Waals surface area contributed by atoms with Crippen molar-refractivity contribution in [2.24, 2.45) is 5.92 Å². The van der Waals surface area contributed by atoms with Crippen molar-refractivity contribution >= 4 is 0 Å². The molecular formula is C12H18. The Labute approximate surface area is 75.6 Å². The molecule has 0 unspecified atom stereocenters. The molecule has 1 atom stereocenters. The van der Waals surface area contributed by atoms with Gasteiger partial charge in [-0.25, -0.2) is 0 Å². The molecule has 12 heavy (non-hydrogen) atoms. The van der Waals surface area contributed by atoms with E-state index in [1.807, 2.05) is 0 Å². The summed E-state index contributed by atoms with van der Waals surface area (Å²) in [5.74, 6) is 0.831. The van der Waals surface area contributed by atoms with Crippen molar-refractivity contribution in [3.8, 4) is 0 Å². The highest BCUT2D eigenvalue weighted by atomic mass is 14.1. The standard InChI is InChI=1S/C12H18/c1-3-7-11(2)10-12-8-5-4-6-9-12/h4-6,8-9,11H,3,7,10H2,1-2H3/t11-/m0/s1. The smallest absolute Gasteiger partial charge is 0.0253 e. The molecule has 0 heteroatoms. The van der Waals surface area contributed by atoms with Crippen LogP contribution in [0.1, 0.15) is 32.3 Å².